The maximum atomic E-state index is 10.1. The van der Waals surface area contributed by atoms with Gasteiger partial charge in [0.15, 0.2) is 0 Å². The zero-order valence-electron chi connectivity index (χ0n) is 6.42. The van der Waals surface area contributed by atoms with Crippen molar-refractivity contribution in [2.75, 3.05) is 0 Å². The van der Waals surface area contributed by atoms with Crippen LogP contribution in [-0.4, -0.2) is 5.97 Å². The molecule has 1 aromatic carbocycles. The summed E-state index contributed by atoms with van der Waals surface area (Å²) in [5.41, 5.74) is 1.02. The van der Waals surface area contributed by atoms with Crippen LogP contribution in [0.4, 0.5) is 0 Å². The first kappa shape index (κ1) is 9.26. The summed E-state index contributed by atoms with van der Waals surface area (Å²) in [4.78, 5) is 10.1. The lowest BCUT2D eigenvalue weighted by atomic mass is 10.1. The standard InChI is InChI=1S/C9H8BrO2/c10-8-4-1-7(2-5-8)3-6-9(11)12/h1-2,4-5H,3,6H2. The summed E-state index contributed by atoms with van der Waals surface area (Å²) < 4.78 is 1.000. The SMILES string of the molecule is [O]C(=O)CCc1ccc(Br)cc1. The molecule has 0 aromatic heterocycles. The highest BCUT2D eigenvalue weighted by Gasteiger charge is 2.00. The molecule has 0 aliphatic carbocycles. The van der Waals surface area contributed by atoms with Gasteiger partial charge < -0.3 is 0 Å². The van der Waals surface area contributed by atoms with Crippen LogP contribution < -0.4 is 0 Å². The van der Waals surface area contributed by atoms with Crippen molar-refractivity contribution in [3.63, 3.8) is 0 Å². The monoisotopic (exact) mass is 227 g/mol. The Bertz CT molecular complexity index is 266. The lowest BCUT2D eigenvalue weighted by molar-refractivity contribution is -0.143. The van der Waals surface area contributed by atoms with Crippen LogP contribution in [0, 0.1) is 0 Å². The van der Waals surface area contributed by atoms with Crippen molar-refractivity contribution in [3.05, 3.63) is 34.3 Å². The Hall–Kier alpha value is -0.830. The summed E-state index contributed by atoms with van der Waals surface area (Å²) in [5.74, 6) is -1.00. The van der Waals surface area contributed by atoms with Crippen LogP contribution in [0.15, 0.2) is 28.7 Å². The second-order valence-corrected chi connectivity index (χ2v) is 3.41. The predicted octanol–water partition coefficient (Wildman–Crippen LogP) is 2.34. The normalized spacial score (nSPS) is 9.75. The van der Waals surface area contributed by atoms with Crippen LogP contribution in [0.3, 0.4) is 0 Å². The van der Waals surface area contributed by atoms with E-state index in [-0.39, 0.29) is 6.42 Å². The minimum atomic E-state index is -1.00. The average Bonchev–Trinajstić information content (AvgIpc) is 2.03. The third-order valence-corrected chi connectivity index (χ3v) is 2.06. The molecule has 0 fully saturated rings. The topological polar surface area (TPSA) is 37.0 Å². The van der Waals surface area contributed by atoms with Crippen LogP contribution in [0.5, 0.6) is 0 Å². The molecule has 0 heterocycles. The molecule has 0 unspecified atom stereocenters. The molecule has 3 heteroatoms. The van der Waals surface area contributed by atoms with E-state index in [0.717, 1.165) is 10.0 Å². The van der Waals surface area contributed by atoms with E-state index in [4.69, 9.17) is 0 Å². The summed E-state index contributed by atoms with van der Waals surface area (Å²) in [5, 5.41) is 10.1. The van der Waals surface area contributed by atoms with Gasteiger partial charge in [-0.1, -0.05) is 28.1 Å². The first-order chi connectivity index (χ1) is 5.68. The Morgan fingerprint density at radius 1 is 1.25 bits per heavy atom. The number of rotatable bonds is 3. The van der Waals surface area contributed by atoms with Crippen molar-refractivity contribution < 1.29 is 9.90 Å². The number of hydrogen-bond donors (Lipinski definition) is 0. The fourth-order valence-electron chi connectivity index (χ4n) is 0.897. The molecule has 0 amide bonds. The van der Waals surface area contributed by atoms with Crippen molar-refractivity contribution in [3.8, 4) is 0 Å². The molecule has 2 nitrogen and oxygen atoms in total. The largest absolute Gasteiger partial charge is 0.355 e. The molecule has 0 saturated heterocycles. The Morgan fingerprint density at radius 3 is 2.33 bits per heavy atom. The Morgan fingerprint density at radius 2 is 1.83 bits per heavy atom. The van der Waals surface area contributed by atoms with Gasteiger partial charge in [0.1, 0.15) is 0 Å². The molecule has 63 valence electrons. The summed E-state index contributed by atoms with van der Waals surface area (Å²) in [6, 6.07) is 7.58. The van der Waals surface area contributed by atoms with Crippen molar-refractivity contribution in [1.29, 1.82) is 0 Å². The summed E-state index contributed by atoms with van der Waals surface area (Å²) in [6.07, 6.45) is 0.622. The number of benzene rings is 1. The van der Waals surface area contributed by atoms with Gasteiger partial charge in [0, 0.05) is 4.47 Å². The van der Waals surface area contributed by atoms with Gasteiger partial charge in [-0.2, -0.15) is 0 Å². The van der Waals surface area contributed by atoms with E-state index in [9.17, 15) is 9.90 Å². The van der Waals surface area contributed by atoms with Gasteiger partial charge in [-0.15, -0.1) is 0 Å². The predicted molar refractivity (Wildman–Crippen MR) is 48.2 cm³/mol. The summed E-state index contributed by atoms with van der Waals surface area (Å²) >= 11 is 3.30. The second-order valence-electron chi connectivity index (χ2n) is 2.50. The Labute approximate surface area is 79.3 Å². The van der Waals surface area contributed by atoms with Gasteiger partial charge in [-0.25, -0.2) is 9.90 Å². The molecule has 1 aromatic rings. The van der Waals surface area contributed by atoms with E-state index in [1.54, 1.807) is 0 Å². The molecule has 0 aliphatic heterocycles. The van der Waals surface area contributed by atoms with Crippen LogP contribution in [-0.2, 0) is 16.3 Å². The highest BCUT2D eigenvalue weighted by molar-refractivity contribution is 9.10. The average molecular weight is 228 g/mol. The van der Waals surface area contributed by atoms with E-state index in [1.165, 1.54) is 0 Å². The van der Waals surface area contributed by atoms with Gasteiger partial charge in [-0.05, 0) is 24.1 Å². The van der Waals surface area contributed by atoms with Gasteiger partial charge in [0.25, 0.3) is 0 Å². The molecule has 0 N–H and O–H groups in total. The number of aryl methyl sites for hydroxylation is 1. The number of carbonyl (C=O) groups is 1. The van der Waals surface area contributed by atoms with E-state index in [0.29, 0.717) is 6.42 Å². The first-order valence-electron chi connectivity index (χ1n) is 3.63. The molecular weight excluding hydrogens is 220 g/mol. The highest BCUT2D eigenvalue weighted by atomic mass is 79.9. The maximum absolute atomic E-state index is 10.1. The zero-order chi connectivity index (χ0) is 8.97. The van der Waals surface area contributed by atoms with Gasteiger partial charge >= 0.3 is 5.97 Å². The number of carbonyl (C=O) groups excluding carboxylic acids is 1. The molecule has 12 heavy (non-hydrogen) atoms. The molecule has 1 rings (SSSR count). The maximum Gasteiger partial charge on any atom is 0.355 e. The fourth-order valence-corrected chi connectivity index (χ4v) is 1.16. The highest BCUT2D eigenvalue weighted by Crippen LogP contribution is 2.11. The third-order valence-electron chi connectivity index (χ3n) is 1.53. The smallest absolute Gasteiger partial charge is 0.247 e. The van der Waals surface area contributed by atoms with Crippen molar-refractivity contribution in [1.82, 2.24) is 0 Å². The van der Waals surface area contributed by atoms with Crippen molar-refractivity contribution in [2.45, 2.75) is 12.8 Å². The van der Waals surface area contributed by atoms with Crippen LogP contribution in [0.1, 0.15) is 12.0 Å². The van der Waals surface area contributed by atoms with Crippen molar-refractivity contribution in [2.24, 2.45) is 0 Å². The van der Waals surface area contributed by atoms with E-state index >= 15 is 0 Å². The van der Waals surface area contributed by atoms with E-state index in [2.05, 4.69) is 15.9 Å². The first-order valence-corrected chi connectivity index (χ1v) is 4.42. The minimum Gasteiger partial charge on any atom is -0.247 e. The van der Waals surface area contributed by atoms with Crippen LogP contribution >= 0.6 is 15.9 Å². The lowest BCUT2D eigenvalue weighted by Gasteiger charge is -1.96. The molecule has 0 saturated carbocycles. The van der Waals surface area contributed by atoms with Crippen LogP contribution in [0.25, 0.3) is 0 Å². The molecule has 0 atom stereocenters. The number of hydrogen-bond acceptors (Lipinski definition) is 1. The van der Waals surface area contributed by atoms with E-state index in [1.807, 2.05) is 24.3 Å². The number of halogens is 1. The Balaban J connectivity index is 2.53. The lowest BCUT2D eigenvalue weighted by Crippen LogP contribution is -1.95. The fraction of sp³-hybridized carbons (Fsp3) is 0.222. The van der Waals surface area contributed by atoms with Crippen molar-refractivity contribution >= 4 is 21.9 Å². The van der Waals surface area contributed by atoms with Gasteiger partial charge in [0.05, 0.1) is 6.42 Å². The minimum absolute atomic E-state index is 0.0850. The third kappa shape index (κ3) is 3.05. The second kappa shape index (κ2) is 4.26. The molecule has 0 bridgehead atoms. The molecular formula is C9H8BrO2. The summed E-state index contributed by atoms with van der Waals surface area (Å²) in [6.45, 7) is 0. The van der Waals surface area contributed by atoms with E-state index < -0.39 is 5.97 Å². The molecule has 1 radical (unpaired) electrons. The summed E-state index contributed by atoms with van der Waals surface area (Å²) in [7, 11) is 0. The molecule has 0 aliphatic rings. The van der Waals surface area contributed by atoms with Gasteiger partial charge in [0.2, 0.25) is 0 Å². The Kier molecular flexibility index (Phi) is 3.29. The molecule has 0 spiro atoms. The quantitative estimate of drug-likeness (QED) is 0.782. The van der Waals surface area contributed by atoms with Gasteiger partial charge in [-0.3, -0.25) is 0 Å². The zero-order valence-corrected chi connectivity index (χ0v) is 8.00. The van der Waals surface area contributed by atoms with Crippen LogP contribution in [0.2, 0.25) is 0 Å².